The van der Waals surface area contributed by atoms with Crippen molar-refractivity contribution in [1.29, 1.82) is 0 Å². The van der Waals surface area contributed by atoms with Crippen molar-refractivity contribution in [2.75, 3.05) is 26.6 Å². The van der Waals surface area contributed by atoms with E-state index in [4.69, 9.17) is 14.2 Å². The van der Waals surface area contributed by atoms with Crippen LogP contribution in [-0.2, 0) is 9.53 Å². The number of carbonyl (C=O) groups is 2. The van der Waals surface area contributed by atoms with E-state index >= 15 is 0 Å². The average molecular weight is 419 g/mol. The molecule has 0 aliphatic heterocycles. The standard InChI is InChI=1S/C25H25NO5/c1-29-22-14-20(25(28)31-3)21(16-23(22)30-2)26-24(27)15-19(17-10-6-4-7-11-17)18-12-8-5-9-13-18/h4-14,16,19H,15H2,1-3H3,(H,26,27). The molecule has 0 bridgehead atoms. The maximum atomic E-state index is 13.1. The Balaban J connectivity index is 1.91. The molecule has 0 aromatic heterocycles. The first-order chi connectivity index (χ1) is 15.1. The Morgan fingerprint density at radius 2 is 1.32 bits per heavy atom. The van der Waals surface area contributed by atoms with Gasteiger partial charge in [-0.15, -0.1) is 0 Å². The Labute approximate surface area is 181 Å². The van der Waals surface area contributed by atoms with Gasteiger partial charge in [-0.1, -0.05) is 60.7 Å². The first kappa shape index (κ1) is 21.9. The third-order valence-electron chi connectivity index (χ3n) is 5.00. The van der Waals surface area contributed by atoms with Gasteiger partial charge in [0.1, 0.15) is 0 Å². The fourth-order valence-electron chi connectivity index (χ4n) is 3.45. The molecule has 0 aliphatic rings. The van der Waals surface area contributed by atoms with E-state index in [9.17, 15) is 9.59 Å². The van der Waals surface area contributed by atoms with E-state index in [1.807, 2.05) is 60.7 Å². The zero-order valence-electron chi connectivity index (χ0n) is 17.8. The van der Waals surface area contributed by atoms with Gasteiger partial charge in [0, 0.05) is 24.5 Å². The molecular formula is C25H25NO5. The second-order valence-electron chi connectivity index (χ2n) is 6.87. The van der Waals surface area contributed by atoms with Crippen LogP contribution < -0.4 is 14.8 Å². The molecule has 6 nitrogen and oxygen atoms in total. The number of methoxy groups -OCH3 is 3. The maximum absolute atomic E-state index is 13.1. The van der Waals surface area contributed by atoms with Crippen LogP contribution in [0.4, 0.5) is 5.69 Å². The Hall–Kier alpha value is -3.80. The highest BCUT2D eigenvalue weighted by molar-refractivity contribution is 6.02. The first-order valence-corrected chi connectivity index (χ1v) is 9.81. The second-order valence-corrected chi connectivity index (χ2v) is 6.87. The molecule has 0 atom stereocenters. The van der Waals surface area contributed by atoms with Crippen LogP contribution in [0, 0.1) is 0 Å². The summed E-state index contributed by atoms with van der Waals surface area (Å²) in [5, 5.41) is 2.85. The monoisotopic (exact) mass is 419 g/mol. The highest BCUT2D eigenvalue weighted by atomic mass is 16.5. The van der Waals surface area contributed by atoms with Gasteiger partial charge in [0.2, 0.25) is 5.91 Å². The highest BCUT2D eigenvalue weighted by Crippen LogP contribution is 2.34. The fourth-order valence-corrected chi connectivity index (χ4v) is 3.45. The molecule has 6 heteroatoms. The molecule has 1 N–H and O–H groups in total. The van der Waals surface area contributed by atoms with Crippen molar-refractivity contribution in [1.82, 2.24) is 0 Å². The summed E-state index contributed by atoms with van der Waals surface area (Å²) in [4.78, 5) is 25.3. The van der Waals surface area contributed by atoms with Gasteiger partial charge in [-0.2, -0.15) is 0 Å². The predicted molar refractivity (Wildman–Crippen MR) is 119 cm³/mol. The summed E-state index contributed by atoms with van der Waals surface area (Å²) in [5.74, 6) is -0.196. The van der Waals surface area contributed by atoms with E-state index in [1.165, 1.54) is 27.4 Å². The fraction of sp³-hybridized carbons (Fsp3) is 0.200. The molecule has 0 aliphatic carbocycles. The van der Waals surface area contributed by atoms with Crippen LogP contribution in [0.5, 0.6) is 11.5 Å². The summed E-state index contributed by atoms with van der Waals surface area (Å²) in [6, 6.07) is 22.7. The molecule has 0 radical (unpaired) electrons. The molecule has 0 heterocycles. The number of anilines is 1. The minimum atomic E-state index is -0.584. The Morgan fingerprint density at radius 1 is 0.806 bits per heavy atom. The van der Waals surface area contributed by atoms with E-state index in [0.29, 0.717) is 17.2 Å². The van der Waals surface area contributed by atoms with E-state index in [-0.39, 0.29) is 23.8 Å². The number of benzene rings is 3. The van der Waals surface area contributed by atoms with Gasteiger partial charge < -0.3 is 19.5 Å². The third kappa shape index (κ3) is 5.22. The van der Waals surface area contributed by atoms with Gasteiger partial charge in [-0.05, 0) is 11.1 Å². The van der Waals surface area contributed by atoms with Crippen LogP contribution in [0.25, 0.3) is 0 Å². The average Bonchev–Trinajstić information content (AvgIpc) is 2.82. The van der Waals surface area contributed by atoms with Crippen LogP contribution in [0.3, 0.4) is 0 Å². The quantitative estimate of drug-likeness (QED) is 0.538. The van der Waals surface area contributed by atoms with Crippen molar-refractivity contribution in [3.63, 3.8) is 0 Å². The minimum Gasteiger partial charge on any atom is -0.493 e. The smallest absolute Gasteiger partial charge is 0.340 e. The van der Waals surface area contributed by atoms with Crippen molar-refractivity contribution in [2.45, 2.75) is 12.3 Å². The number of amides is 1. The van der Waals surface area contributed by atoms with Crippen LogP contribution in [0.1, 0.15) is 33.8 Å². The number of rotatable bonds is 8. The zero-order valence-corrected chi connectivity index (χ0v) is 17.8. The molecule has 3 aromatic carbocycles. The molecule has 0 saturated heterocycles. The summed E-state index contributed by atoms with van der Waals surface area (Å²) in [6.45, 7) is 0. The van der Waals surface area contributed by atoms with Gasteiger partial charge in [0.05, 0.1) is 32.6 Å². The molecule has 0 spiro atoms. The number of esters is 1. The van der Waals surface area contributed by atoms with Crippen molar-refractivity contribution in [3.05, 3.63) is 89.5 Å². The maximum Gasteiger partial charge on any atom is 0.340 e. The normalized spacial score (nSPS) is 10.5. The third-order valence-corrected chi connectivity index (χ3v) is 5.00. The van der Waals surface area contributed by atoms with Crippen LogP contribution in [-0.4, -0.2) is 33.2 Å². The number of hydrogen-bond acceptors (Lipinski definition) is 5. The number of carbonyl (C=O) groups excluding carboxylic acids is 2. The molecule has 0 fully saturated rings. The number of ether oxygens (including phenoxy) is 3. The predicted octanol–water partition coefficient (Wildman–Crippen LogP) is 4.65. The van der Waals surface area contributed by atoms with Crippen LogP contribution >= 0.6 is 0 Å². The molecule has 3 aromatic rings. The summed E-state index contributed by atoms with van der Waals surface area (Å²) in [6.07, 6.45) is 0.197. The summed E-state index contributed by atoms with van der Waals surface area (Å²) in [7, 11) is 4.25. The Morgan fingerprint density at radius 3 is 1.81 bits per heavy atom. The topological polar surface area (TPSA) is 73.9 Å². The van der Waals surface area contributed by atoms with Gasteiger partial charge in [-0.3, -0.25) is 4.79 Å². The second kappa shape index (κ2) is 10.3. The highest BCUT2D eigenvalue weighted by Gasteiger charge is 2.22. The summed E-state index contributed by atoms with van der Waals surface area (Å²) >= 11 is 0. The van der Waals surface area contributed by atoms with E-state index < -0.39 is 5.97 Å². The van der Waals surface area contributed by atoms with Gasteiger partial charge in [-0.25, -0.2) is 4.79 Å². The molecule has 0 unspecified atom stereocenters. The molecule has 31 heavy (non-hydrogen) atoms. The van der Waals surface area contributed by atoms with Crippen molar-refractivity contribution >= 4 is 17.6 Å². The van der Waals surface area contributed by atoms with Gasteiger partial charge in [0.15, 0.2) is 11.5 Å². The minimum absolute atomic E-state index is 0.135. The zero-order chi connectivity index (χ0) is 22.2. The number of hydrogen-bond donors (Lipinski definition) is 1. The lowest BCUT2D eigenvalue weighted by Gasteiger charge is -2.19. The van der Waals surface area contributed by atoms with Crippen molar-refractivity contribution < 1.29 is 23.8 Å². The Bertz CT molecular complexity index is 995. The summed E-state index contributed by atoms with van der Waals surface area (Å²) < 4.78 is 15.4. The molecule has 3 rings (SSSR count). The summed E-state index contributed by atoms with van der Waals surface area (Å²) in [5.41, 5.74) is 2.55. The molecule has 1 amide bonds. The van der Waals surface area contributed by atoms with E-state index in [1.54, 1.807) is 6.07 Å². The van der Waals surface area contributed by atoms with E-state index in [2.05, 4.69) is 5.32 Å². The Kier molecular flexibility index (Phi) is 7.27. The first-order valence-electron chi connectivity index (χ1n) is 9.81. The van der Waals surface area contributed by atoms with Crippen LogP contribution in [0.2, 0.25) is 0 Å². The van der Waals surface area contributed by atoms with Crippen molar-refractivity contribution in [3.8, 4) is 11.5 Å². The van der Waals surface area contributed by atoms with Crippen LogP contribution in [0.15, 0.2) is 72.8 Å². The van der Waals surface area contributed by atoms with Crippen molar-refractivity contribution in [2.24, 2.45) is 0 Å². The lowest BCUT2D eigenvalue weighted by molar-refractivity contribution is -0.116. The SMILES string of the molecule is COC(=O)c1cc(OC)c(OC)cc1NC(=O)CC(c1ccccc1)c1ccccc1. The lowest BCUT2D eigenvalue weighted by atomic mass is 9.88. The molecular weight excluding hydrogens is 394 g/mol. The molecule has 0 saturated carbocycles. The number of nitrogens with one attached hydrogen (secondary N) is 1. The molecule has 160 valence electrons. The lowest BCUT2D eigenvalue weighted by Crippen LogP contribution is -2.19. The van der Waals surface area contributed by atoms with E-state index in [0.717, 1.165) is 11.1 Å². The van der Waals surface area contributed by atoms with Gasteiger partial charge >= 0.3 is 5.97 Å². The van der Waals surface area contributed by atoms with Gasteiger partial charge in [0.25, 0.3) is 0 Å². The largest absolute Gasteiger partial charge is 0.493 e.